The summed E-state index contributed by atoms with van der Waals surface area (Å²) in [6.45, 7) is 4.01. The third kappa shape index (κ3) is 3.65. The molecule has 1 fully saturated rings. The molecular formula is C15H20N6O2. The van der Waals surface area contributed by atoms with Crippen molar-refractivity contribution in [2.45, 2.75) is 25.8 Å². The lowest BCUT2D eigenvalue weighted by molar-refractivity contribution is 0.189. The van der Waals surface area contributed by atoms with E-state index in [4.69, 9.17) is 5.11 Å². The Bertz CT molecular complexity index is 673. The fraction of sp³-hybridized carbons (Fsp3) is 0.467. The lowest BCUT2D eigenvalue weighted by Crippen LogP contribution is -2.34. The van der Waals surface area contributed by atoms with E-state index in [1.54, 1.807) is 17.1 Å². The zero-order valence-corrected chi connectivity index (χ0v) is 13.0. The molecule has 0 bridgehead atoms. The van der Waals surface area contributed by atoms with E-state index in [2.05, 4.69) is 25.2 Å². The van der Waals surface area contributed by atoms with Gasteiger partial charge in [0.25, 0.3) is 0 Å². The molecule has 0 aromatic carbocycles. The molecule has 1 unspecified atom stereocenters. The van der Waals surface area contributed by atoms with Crippen LogP contribution in [-0.4, -0.2) is 55.3 Å². The first kappa shape index (κ1) is 15.4. The molecule has 2 aromatic rings. The van der Waals surface area contributed by atoms with Gasteiger partial charge in [0.05, 0.1) is 11.7 Å². The van der Waals surface area contributed by atoms with Crippen molar-refractivity contribution in [2.75, 3.05) is 19.6 Å². The van der Waals surface area contributed by atoms with Crippen molar-refractivity contribution in [3.05, 3.63) is 36.2 Å². The summed E-state index contributed by atoms with van der Waals surface area (Å²) in [5.74, 6) is 0.619. The van der Waals surface area contributed by atoms with Crippen molar-refractivity contribution >= 4 is 6.09 Å². The fourth-order valence-electron chi connectivity index (χ4n) is 2.98. The fourth-order valence-corrected chi connectivity index (χ4v) is 2.98. The van der Waals surface area contributed by atoms with Gasteiger partial charge in [0, 0.05) is 31.2 Å². The zero-order chi connectivity index (χ0) is 16.2. The standard InChI is InChI=1S/C15H20N6O2/c1-11-9-12(19-14(18-11)21-7-4-16-10-21)13-3-2-6-20(13)8-5-17-15(22)23/h4,7,9-10,13,17H,2-3,5-6,8H2,1H3,(H,22,23). The van der Waals surface area contributed by atoms with Crippen molar-refractivity contribution in [1.29, 1.82) is 0 Å². The van der Waals surface area contributed by atoms with Crippen molar-refractivity contribution < 1.29 is 9.90 Å². The van der Waals surface area contributed by atoms with E-state index in [1.165, 1.54) is 0 Å². The van der Waals surface area contributed by atoms with Crippen LogP contribution in [0.4, 0.5) is 4.79 Å². The average molecular weight is 316 g/mol. The molecule has 1 aliphatic rings. The van der Waals surface area contributed by atoms with E-state index >= 15 is 0 Å². The number of carboxylic acid groups (broad SMARTS) is 1. The summed E-state index contributed by atoms with van der Waals surface area (Å²) >= 11 is 0. The monoisotopic (exact) mass is 316 g/mol. The molecule has 1 saturated heterocycles. The molecule has 0 radical (unpaired) electrons. The number of amides is 1. The molecule has 8 heteroatoms. The van der Waals surface area contributed by atoms with Crippen LogP contribution in [0, 0.1) is 6.92 Å². The first-order chi connectivity index (χ1) is 11.1. The van der Waals surface area contributed by atoms with Gasteiger partial charge in [-0.1, -0.05) is 0 Å². The molecule has 122 valence electrons. The quantitative estimate of drug-likeness (QED) is 0.865. The van der Waals surface area contributed by atoms with Gasteiger partial charge in [-0.25, -0.2) is 19.7 Å². The number of carbonyl (C=O) groups is 1. The van der Waals surface area contributed by atoms with Crippen LogP contribution in [0.15, 0.2) is 24.8 Å². The minimum atomic E-state index is -0.985. The van der Waals surface area contributed by atoms with Gasteiger partial charge in [0.1, 0.15) is 6.33 Å². The highest BCUT2D eigenvalue weighted by Crippen LogP contribution is 2.30. The Morgan fingerprint density at radius 3 is 3.09 bits per heavy atom. The van der Waals surface area contributed by atoms with E-state index in [-0.39, 0.29) is 6.04 Å². The Balaban J connectivity index is 1.78. The van der Waals surface area contributed by atoms with Gasteiger partial charge in [-0.05, 0) is 32.4 Å². The summed E-state index contributed by atoms with van der Waals surface area (Å²) in [5, 5.41) is 11.1. The minimum absolute atomic E-state index is 0.203. The number of aromatic nitrogens is 4. The van der Waals surface area contributed by atoms with Gasteiger partial charge in [0.15, 0.2) is 0 Å². The molecule has 2 N–H and O–H groups in total. The molecule has 0 spiro atoms. The summed E-state index contributed by atoms with van der Waals surface area (Å²) in [4.78, 5) is 26.0. The number of rotatable bonds is 5. The molecule has 0 saturated carbocycles. The maximum Gasteiger partial charge on any atom is 0.404 e. The number of imidazole rings is 1. The number of likely N-dealkylation sites (tertiary alicyclic amines) is 1. The summed E-state index contributed by atoms with van der Waals surface area (Å²) in [6.07, 6.45) is 6.32. The molecule has 3 heterocycles. The van der Waals surface area contributed by atoms with E-state index in [9.17, 15) is 4.79 Å². The van der Waals surface area contributed by atoms with Gasteiger partial charge in [-0.2, -0.15) is 0 Å². The van der Waals surface area contributed by atoms with Crippen LogP contribution in [0.3, 0.4) is 0 Å². The van der Waals surface area contributed by atoms with Crippen LogP contribution in [0.25, 0.3) is 5.95 Å². The molecule has 0 aliphatic carbocycles. The summed E-state index contributed by atoms with van der Waals surface area (Å²) in [6, 6.07) is 2.21. The average Bonchev–Trinajstić information content (AvgIpc) is 3.18. The number of nitrogens with zero attached hydrogens (tertiary/aromatic N) is 5. The van der Waals surface area contributed by atoms with Gasteiger partial charge in [0.2, 0.25) is 5.95 Å². The molecular weight excluding hydrogens is 296 g/mol. The predicted octanol–water partition coefficient (Wildman–Crippen LogP) is 1.38. The number of aryl methyl sites for hydroxylation is 1. The van der Waals surface area contributed by atoms with Gasteiger partial charge in [-0.3, -0.25) is 9.47 Å². The molecule has 1 atom stereocenters. The smallest absolute Gasteiger partial charge is 0.404 e. The Kier molecular flexibility index (Phi) is 4.52. The van der Waals surface area contributed by atoms with Crippen molar-refractivity contribution in [3.63, 3.8) is 0 Å². The first-order valence-electron chi connectivity index (χ1n) is 7.68. The second-order valence-corrected chi connectivity index (χ2v) is 5.63. The third-order valence-electron chi connectivity index (χ3n) is 3.98. The van der Waals surface area contributed by atoms with Gasteiger partial charge in [-0.15, -0.1) is 0 Å². The SMILES string of the molecule is Cc1cc(C2CCCN2CCNC(=O)O)nc(-n2ccnc2)n1. The maximum absolute atomic E-state index is 10.6. The molecule has 1 amide bonds. The topological polar surface area (TPSA) is 96.2 Å². The lowest BCUT2D eigenvalue weighted by Gasteiger charge is -2.24. The van der Waals surface area contributed by atoms with Gasteiger partial charge >= 0.3 is 6.09 Å². The molecule has 2 aromatic heterocycles. The second kappa shape index (κ2) is 6.74. The van der Waals surface area contributed by atoms with Crippen molar-refractivity contribution in [2.24, 2.45) is 0 Å². The van der Waals surface area contributed by atoms with Crippen LogP contribution < -0.4 is 5.32 Å². The van der Waals surface area contributed by atoms with E-state index in [0.717, 1.165) is 30.8 Å². The van der Waals surface area contributed by atoms with E-state index < -0.39 is 6.09 Å². The largest absolute Gasteiger partial charge is 0.465 e. The Hall–Kier alpha value is -2.48. The van der Waals surface area contributed by atoms with Crippen LogP contribution in [-0.2, 0) is 0 Å². The first-order valence-corrected chi connectivity index (χ1v) is 7.68. The maximum atomic E-state index is 10.6. The molecule has 23 heavy (non-hydrogen) atoms. The highest BCUT2D eigenvalue weighted by Gasteiger charge is 2.27. The predicted molar refractivity (Wildman–Crippen MR) is 83.5 cm³/mol. The summed E-state index contributed by atoms with van der Waals surface area (Å²) < 4.78 is 1.79. The Morgan fingerprint density at radius 2 is 2.35 bits per heavy atom. The normalized spacial score (nSPS) is 18.2. The highest BCUT2D eigenvalue weighted by atomic mass is 16.4. The second-order valence-electron chi connectivity index (χ2n) is 5.63. The summed E-state index contributed by atoms with van der Waals surface area (Å²) in [7, 11) is 0. The number of hydrogen-bond donors (Lipinski definition) is 2. The zero-order valence-electron chi connectivity index (χ0n) is 13.0. The van der Waals surface area contributed by atoms with Crippen LogP contribution >= 0.6 is 0 Å². The molecule has 3 rings (SSSR count). The van der Waals surface area contributed by atoms with Crippen LogP contribution in [0.5, 0.6) is 0 Å². The van der Waals surface area contributed by atoms with E-state index in [0.29, 0.717) is 19.0 Å². The Labute approximate surface area is 134 Å². The number of nitrogens with one attached hydrogen (secondary N) is 1. The molecule has 8 nitrogen and oxygen atoms in total. The van der Waals surface area contributed by atoms with Crippen molar-refractivity contribution in [1.82, 2.24) is 29.7 Å². The van der Waals surface area contributed by atoms with Crippen molar-refractivity contribution in [3.8, 4) is 5.95 Å². The van der Waals surface area contributed by atoms with Crippen LogP contribution in [0.1, 0.15) is 30.3 Å². The van der Waals surface area contributed by atoms with E-state index in [1.807, 2.05) is 19.2 Å². The highest BCUT2D eigenvalue weighted by molar-refractivity contribution is 5.64. The number of hydrogen-bond acceptors (Lipinski definition) is 5. The lowest BCUT2D eigenvalue weighted by atomic mass is 10.1. The minimum Gasteiger partial charge on any atom is -0.465 e. The molecule has 1 aliphatic heterocycles. The Morgan fingerprint density at radius 1 is 1.48 bits per heavy atom. The van der Waals surface area contributed by atoms with Gasteiger partial charge < -0.3 is 10.4 Å². The third-order valence-corrected chi connectivity index (χ3v) is 3.98. The summed E-state index contributed by atoms with van der Waals surface area (Å²) in [5.41, 5.74) is 1.89. The van der Waals surface area contributed by atoms with Crippen LogP contribution in [0.2, 0.25) is 0 Å².